The van der Waals surface area contributed by atoms with E-state index in [1.807, 2.05) is 6.92 Å². The van der Waals surface area contributed by atoms with Gasteiger partial charge in [-0.2, -0.15) is 0 Å². The second-order valence-electron chi connectivity index (χ2n) is 3.91. The normalized spacial score (nSPS) is 14.3. The Balaban J connectivity index is 3.86. The maximum Gasteiger partial charge on any atom is 0.188 e. The van der Waals surface area contributed by atoms with Gasteiger partial charge in [0.25, 0.3) is 0 Å². The van der Waals surface area contributed by atoms with Crippen LogP contribution in [0, 0.1) is 5.92 Å². The van der Waals surface area contributed by atoms with Crippen LogP contribution < -0.4 is 11.1 Å². The molecule has 90 valence electrons. The molecule has 0 heterocycles. The average Bonchev–Trinajstić information content (AvgIpc) is 2.19. The highest BCUT2D eigenvalue weighted by atomic mass is 16.5. The molecule has 0 aliphatic carbocycles. The van der Waals surface area contributed by atoms with Gasteiger partial charge in [0.1, 0.15) is 0 Å². The summed E-state index contributed by atoms with van der Waals surface area (Å²) in [5.74, 6) is 1.16. The van der Waals surface area contributed by atoms with E-state index in [9.17, 15) is 0 Å². The molecule has 0 bridgehead atoms. The lowest BCUT2D eigenvalue weighted by Crippen LogP contribution is -2.40. The molecule has 0 aromatic carbocycles. The monoisotopic (exact) mass is 215 g/mol. The van der Waals surface area contributed by atoms with E-state index in [1.54, 1.807) is 7.11 Å². The van der Waals surface area contributed by atoms with Crippen LogP contribution in [0.1, 0.15) is 33.6 Å². The molecule has 4 nitrogen and oxygen atoms in total. The van der Waals surface area contributed by atoms with Crippen molar-refractivity contribution in [3.05, 3.63) is 0 Å². The number of guanidine groups is 1. The second-order valence-corrected chi connectivity index (χ2v) is 3.91. The highest BCUT2D eigenvalue weighted by Gasteiger charge is 2.04. The summed E-state index contributed by atoms with van der Waals surface area (Å²) in [4.78, 5) is 4.32. The van der Waals surface area contributed by atoms with Crippen LogP contribution in [0.5, 0.6) is 0 Å². The zero-order chi connectivity index (χ0) is 11.7. The number of nitrogens with two attached hydrogens (primary N) is 1. The topological polar surface area (TPSA) is 59.6 Å². The molecule has 0 aromatic rings. The summed E-state index contributed by atoms with van der Waals surface area (Å²) >= 11 is 0. The zero-order valence-electron chi connectivity index (χ0n) is 10.4. The van der Waals surface area contributed by atoms with Crippen molar-refractivity contribution < 1.29 is 4.74 Å². The summed E-state index contributed by atoms with van der Waals surface area (Å²) in [6.45, 7) is 7.83. The molecule has 3 N–H and O–H groups in total. The van der Waals surface area contributed by atoms with Crippen molar-refractivity contribution in [2.45, 2.75) is 39.7 Å². The van der Waals surface area contributed by atoms with Crippen molar-refractivity contribution in [2.75, 3.05) is 20.3 Å². The Bertz CT molecular complexity index is 179. The average molecular weight is 215 g/mol. The lowest BCUT2D eigenvalue weighted by molar-refractivity contribution is 0.179. The van der Waals surface area contributed by atoms with Crippen LogP contribution >= 0.6 is 0 Å². The van der Waals surface area contributed by atoms with E-state index in [-0.39, 0.29) is 6.04 Å². The molecule has 0 aliphatic heterocycles. The quantitative estimate of drug-likeness (QED) is 0.498. The van der Waals surface area contributed by atoms with Gasteiger partial charge in [-0.15, -0.1) is 0 Å². The van der Waals surface area contributed by atoms with Crippen LogP contribution in [0.3, 0.4) is 0 Å². The summed E-state index contributed by atoms with van der Waals surface area (Å²) in [5, 5.41) is 3.09. The standard InChI is InChI=1S/C11H25N3O/c1-5-10(6-2)7-13-11(12)14-9(3)8-15-4/h9-10H,5-8H2,1-4H3,(H3,12,13,14). The largest absolute Gasteiger partial charge is 0.383 e. The summed E-state index contributed by atoms with van der Waals surface area (Å²) in [7, 11) is 1.68. The molecule has 0 spiro atoms. The van der Waals surface area contributed by atoms with Crippen LogP contribution in [0.25, 0.3) is 0 Å². The Morgan fingerprint density at radius 1 is 1.40 bits per heavy atom. The second kappa shape index (κ2) is 8.53. The number of hydrogen-bond acceptors (Lipinski definition) is 2. The molecule has 0 saturated heterocycles. The molecule has 0 rings (SSSR count). The van der Waals surface area contributed by atoms with Gasteiger partial charge in [0.15, 0.2) is 5.96 Å². The number of methoxy groups -OCH3 is 1. The SMILES string of the molecule is CCC(CC)CN=C(N)NC(C)COC. The summed E-state index contributed by atoms with van der Waals surface area (Å²) in [5.41, 5.74) is 5.75. The van der Waals surface area contributed by atoms with Crippen LogP contribution in [-0.4, -0.2) is 32.3 Å². The molecular weight excluding hydrogens is 190 g/mol. The first-order valence-electron chi connectivity index (χ1n) is 5.69. The number of hydrogen-bond donors (Lipinski definition) is 2. The molecule has 0 aromatic heterocycles. The van der Waals surface area contributed by atoms with Gasteiger partial charge in [0, 0.05) is 19.7 Å². The predicted octanol–water partition coefficient (Wildman–Crippen LogP) is 1.36. The minimum Gasteiger partial charge on any atom is -0.383 e. The van der Waals surface area contributed by atoms with E-state index in [0.717, 1.165) is 19.4 Å². The van der Waals surface area contributed by atoms with E-state index in [1.165, 1.54) is 0 Å². The third kappa shape index (κ3) is 7.19. The fraction of sp³-hybridized carbons (Fsp3) is 0.909. The van der Waals surface area contributed by atoms with E-state index in [0.29, 0.717) is 18.5 Å². The van der Waals surface area contributed by atoms with E-state index in [4.69, 9.17) is 10.5 Å². The van der Waals surface area contributed by atoms with E-state index in [2.05, 4.69) is 24.2 Å². The maximum atomic E-state index is 5.75. The van der Waals surface area contributed by atoms with Crippen molar-refractivity contribution in [3.8, 4) is 0 Å². The van der Waals surface area contributed by atoms with E-state index < -0.39 is 0 Å². The Kier molecular flexibility index (Phi) is 8.09. The van der Waals surface area contributed by atoms with Crippen molar-refractivity contribution in [1.82, 2.24) is 5.32 Å². The lowest BCUT2D eigenvalue weighted by Gasteiger charge is -2.14. The number of rotatable bonds is 7. The van der Waals surface area contributed by atoms with Crippen molar-refractivity contribution in [2.24, 2.45) is 16.6 Å². The third-order valence-electron chi connectivity index (χ3n) is 2.49. The van der Waals surface area contributed by atoms with Crippen molar-refractivity contribution in [3.63, 3.8) is 0 Å². The third-order valence-corrected chi connectivity index (χ3v) is 2.49. The Hall–Kier alpha value is -0.770. The van der Waals surface area contributed by atoms with Gasteiger partial charge < -0.3 is 15.8 Å². The summed E-state index contributed by atoms with van der Waals surface area (Å²) < 4.78 is 5.00. The fourth-order valence-corrected chi connectivity index (χ4v) is 1.36. The number of nitrogens with zero attached hydrogens (tertiary/aromatic N) is 1. The molecule has 1 unspecified atom stereocenters. The number of aliphatic imine (C=N–C) groups is 1. The maximum absolute atomic E-state index is 5.75. The van der Waals surface area contributed by atoms with Gasteiger partial charge in [-0.05, 0) is 12.8 Å². The Morgan fingerprint density at radius 2 is 2.00 bits per heavy atom. The van der Waals surface area contributed by atoms with Gasteiger partial charge in [-0.1, -0.05) is 26.7 Å². The minimum atomic E-state index is 0.209. The van der Waals surface area contributed by atoms with Crippen molar-refractivity contribution >= 4 is 5.96 Å². The first kappa shape index (κ1) is 14.2. The van der Waals surface area contributed by atoms with Gasteiger partial charge in [0.2, 0.25) is 0 Å². The summed E-state index contributed by atoms with van der Waals surface area (Å²) in [6.07, 6.45) is 2.31. The molecule has 0 radical (unpaired) electrons. The molecule has 1 atom stereocenters. The van der Waals surface area contributed by atoms with Crippen LogP contribution in [0.2, 0.25) is 0 Å². The zero-order valence-corrected chi connectivity index (χ0v) is 10.4. The molecule has 0 aliphatic rings. The Labute approximate surface area is 93.3 Å². The number of nitrogens with one attached hydrogen (secondary N) is 1. The molecule has 15 heavy (non-hydrogen) atoms. The molecule has 4 heteroatoms. The summed E-state index contributed by atoms with van der Waals surface area (Å²) in [6, 6.07) is 0.209. The highest BCUT2D eigenvalue weighted by molar-refractivity contribution is 5.78. The van der Waals surface area contributed by atoms with E-state index >= 15 is 0 Å². The predicted molar refractivity (Wildman–Crippen MR) is 65.0 cm³/mol. The van der Waals surface area contributed by atoms with Crippen molar-refractivity contribution in [1.29, 1.82) is 0 Å². The van der Waals surface area contributed by atoms with Crippen LogP contribution in [0.4, 0.5) is 0 Å². The molecular formula is C11H25N3O. The highest BCUT2D eigenvalue weighted by Crippen LogP contribution is 2.06. The van der Waals surface area contributed by atoms with Gasteiger partial charge in [0.05, 0.1) is 6.61 Å². The Morgan fingerprint density at radius 3 is 2.47 bits per heavy atom. The minimum absolute atomic E-state index is 0.209. The van der Waals surface area contributed by atoms with Crippen LogP contribution in [0.15, 0.2) is 4.99 Å². The first-order valence-corrected chi connectivity index (χ1v) is 5.69. The first-order chi connectivity index (χ1) is 7.13. The lowest BCUT2D eigenvalue weighted by atomic mass is 10.0. The molecule has 0 saturated carbocycles. The fourth-order valence-electron chi connectivity index (χ4n) is 1.36. The van der Waals surface area contributed by atoms with Gasteiger partial charge >= 0.3 is 0 Å². The molecule has 0 amide bonds. The molecule has 0 fully saturated rings. The van der Waals surface area contributed by atoms with Gasteiger partial charge in [-0.3, -0.25) is 4.99 Å². The smallest absolute Gasteiger partial charge is 0.188 e. The number of ether oxygens (including phenoxy) is 1. The van der Waals surface area contributed by atoms with Crippen LogP contribution in [-0.2, 0) is 4.74 Å². The van der Waals surface area contributed by atoms with Gasteiger partial charge in [-0.25, -0.2) is 0 Å².